The third-order valence-corrected chi connectivity index (χ3v) is 7.21. The molecule has 0 aromatic carbocycles. The maximum Gasteiger partial charge on any atom is 0.137 e. The lowest BCUT2D eigenvalue weighted by Gasteiger charge is -2.52. The highest BCUT2D eigenvalue weighted by Gasteiger charge is 2.43. The van der Waals surface area contributed by atoms with Gasteiger partial charge in [0.25, 0.3) is 0 Å². The van der Waals surface area contributed by atoms with Crippen molar-refractivity contribution >= 4 is 38.8 Å². The van der Waals surface area contributed by atoms with Crippen LogP contribution in [0.25, 0.3) is 10.1 Å². The number of morpholine rings is 1. The van der Waals surface area contributed by atoms with Crippen molar-refractivity contribution in [3.8, 4) is 0 Å². The van der Waals surface area contributed by atoms with Gasteiger partial charge in [0.15, 0.2) is 0 Å². The number of pyridine rings is 1. The Kier molecular flexibility index (Phi) is 4.57. The molecule has 0 aliphatic carbocycles. The molecule has 0 saturated carbocycles. The number of nitrogens with zero attached hydrogens (tertiary/aromatic N) is 3. The van der Waals surface area contributed by atoms with Gasteiger partial charge in [0.1, 0.15) is 5.82 Å². The number of hydrogen-bond acceptors (Lipinski definition) is 6. The van der Waals surface area contributed by atoms with Gasteiger partial charge < -0.3 is 15.0 Å². The van der Waals surface area contributed by atoms with Crippen LogP contribution < -0.4 is 10.2 Å². The second kappa shape index (κ2) is 6.91. The number of nitrogens with one attached hydrogen (secondary N) is 1. The molecule has 0 amide bonds. The van der Waals surface area contributed by atoms with E-state index in [0.717, 1.165) is 43.0 Å². The molecule has 7 heteroatoms. The fourth-order valence-electron chi connectivity index (χ4n) is 4.65. The van der Waals surface area contributed by atoms with Gasteiger partial charge in [-0.1, -0.05) is 11.6 Å². The molecular weight excluding hydrogens is 368 g/mol. The lowest BCUT2D eigenvalue weighted by molar-refractivity contribution is -0.0289. The van der Waals surface area contributed by atoms with E-state index < -0.39 is 0 Å². The van der Waals surface area contributed by atoms with Crippen LogP contribution in [0.2, 0.25) is 4.34 Å². The molecule has 140 valence electrons. The third kappa shape index (κ3) is 3.22. The van der Waals surface area contributed by atoms with E-state index in [9.17, 15) is 0 Å². The highest BCUT2D eigenvalue weighted by atomic mass is 35.5. The lowest BCUT2D eigenvalue weighted by atomic mass is 9.72. The van der Waals surface area contributed by atoms with Gasteiger partial charge in [-0.05, 0) is 43.5 Å². The number of hydrogen-bond donors (Lipinski definition) is 1. The zero-order valence-corrected chi connectivity index (χ0v) is 16.5. The zero-order chi connectivity index (χ0) is 17.6. The van der Waals surface area contributed by atoms with Crippen LogP contribution in [-0.2, 0) is 11.3 Å². The first-order chi connectivity index (χ1) is 12.7. The molecule has 1 spiro atoms. The SMILES string of the molecule is Clc1cc2c(N3CCOCC3)nc(CN3CC4(CCNCC4)C3)cc2s1. The molecule has 3 fully saturated rings. The third-order valence-electron chi connectivity index (χ3n) is 6.00. The molecule has 0 bridgehead atoms. The Morgan fingerprint density at radius 1 is 1.19 bits per heavy atom. The Morgan fingerprint density at radius 2 is 1.96 bits per heavy atom. The van der Waals surface area contributed by atoms with Crippen molar-refractivity contribution in [1.82, 2.24) is 15.2 Å². The van der Waals surface area contributed by atoms with Crippen molar-refractivity contribution in [3.63, 3.8) is 0 Å². The van der Waals surface area contributed by atoms with E-state index in [1.165, 1.54) is 54.8 Å². The molecule has 0 radical (unpaired) electrons. The Bertz CT molecular complexity index is 790. The minimum atomic E-state index is 0.564. The van der Waals surface area contributed by atoms with E-state index in [4.69, 9.17) is 21.3 Å². The van der Waals surface area contributed by atoms with Crippen LogP contribution in [0.1, 0.15) is 18.5 Å². The average Bonchev–Trinajstić information content (AvgIpc) is 3.01. The van der Waals surface area contributed by atoms with Crippen molar-refractivity contribution in [2.24, 2.45) is 5.41 Å². The first kappa shape index (κ1) is 17.2. The number of fused-ring (bicyclic) bond motifs is 1. The topological polar surface area (TPSA) is 40.6 Å². The highest BCUT2D eigenvalue weighted by Crippen LogP contribution is 2.40. The molecule has 0 atom stereocenters. The number of anilines is 1. The molecule has 3 aliphatic heterocycles. The Morgan fingerprint density at radius 3 is 2.73 bits per heavy atom. The van der Waals surface area contributed by atoms with Gasteiger partial charge in [-0.2, -0.15) is 0 Å². The van der Waals surface area contributed by atoms with Gasteiger partial charge >= 0.3 is 0 Å². The molecule has 3 saturated heterocycles. The van der Waals surface area contributed by atoms with Crippen molar-refractivity contribution in [2.45, 2.75) is 19.4 Å². The molecule has 5 rings (SSSR count). The predicted octanol–water partition coefficient (Wildman–Crippen LogP) is 2.97. The van der Waals surface area contributed by atoms with Crippen LogP contribution >= 0.6 is 22.9 Å². The number of halogens is 1. The minimum absolute atomic E-state index is 0.564. The smallest absolute Gasteiger partial charge is 0.137 e. The van der Waals surface area contributed by atoms with Gasteiger partial charge in [-0.15, -0.1) is 11.3 Å². The van der Waals surface area contributed by atoms with E-state index >= 15 is 0 Å². The Hall–Kier alpha value is -0.920. The Labute approximate surface area is 163 Å². The predicted molar refractivity (Wildman–Crippen MR) is 107 cm³/mol. The quantitative estimate of drug-likeness (QED) is 0.869. The number of thiophene rings is 1. The van der Waals surface area contributed by atoms with Crippen LogP contribution in [0, 0.1) is 5.41 Å². The first-order valence-electron chi connectivity index (χ1n) is 9.56. The second-order valence-corrected chi connectivity index (χ2v) is 9.61. The summed E-state index contributed by atoms with van der Waals surface area (Å²) in [7, 11) is 0. The Balaban J connectivity index is 1.38. The molecule has 2 aromatic rings. The van der Waals surface area contributed by atoms with E-state index in [1.54, 1.807) is 11.3 Å². The first-order valence-corrected chi connectivity index (χ1v) is 10.8. The monoisotopic (exact) mass is 392 g/mol. The van der Waals surface area contributed by atoms with Crippen LogP contribution in [0.15, 0.2) is 12.1 Å². The van der Waals surface area contributed by atoms with Crippen LogP contribution in [0.3, 0.4) is 0 Å². The number of likely N-dealkylation sites (tertiary alicyclic amines) is 1. The summed E-state index contributed by atoms with van der Waals surface area (Å²) in [4.78, 5) is 9.96. The zero-order valence-electron chi connectivity index (χ0n) is 15.0. The fraction of sp³-hybridized carbons (Fsp3) is 0.632. The molecule has 0 unspecified atom stereocenters. The highest BCUT2D eigenvalue weighted by molar-refractivity contribution is 7.22. The van der Waals surface area contributed by atoms with E-state index in [0.29, 0.717) is 5.41 Å². The summed E-state index contributed by atoms with van der Waals surface area (Å²) in [6, 6.07) is 4.31. The van der Waals surface area contributed by atoms with E-state index in [1.807, 2.05) is 0 Å². The summed E-state index contributed by atoms with van der Waals surface area (Å²) in [5, 5.41) is 4.67. The van der Waals surface area contributed by atoms with Crippen molar-refractivity contribution in [2.75, 3.05) is 57.4 Å². The molecule has 1 N–H and O–H groups in total. The van der Waals surface area contributed by atoms with Crippen LogP contribution in [0.4, 0.5) is 5.82 Å². The van der Waals surface area contributed by atoms with Gasteiger partial charge in [-0.3, -0.25) is 4.90 Å². The number of rotatable bonds is 3. The molecular formula is C19H25ClN4OS. The van der Waals surface area contributed by atoms with Crippen molar-refractivity contribution < 1.29 is 4.74 Å². The number of aromatic nitrogens is 1. The molecule has 2 aromatic heterocycles. The van der Waals surface area contributed by atoms with Gasteiger partial charge in [0, 0.05) is 42.8 Å². The maximum absolute atomic E-state index is 6.32. The largest absolute Gasteiger partial charge is 0.378 e. The van der Waals surface area contributed by atoms with Gasteiger partial charge in [0.2, 0.25) is 0 Å². The number of piperidine rings is 1. The van der Waals surface area contributed by atoms with E-state index in [2.05, 4.69) is 27.2 Å². The van der Waals surface area contributed by atoms with E-state index in [-0.39, 0.29) is 0 Å². The summed E-state index contributed by atoms with van der Waals surface area (Å²) in [5.74, 6) is 1.08. The number of ether oxygens (including phenoxy) is 1. The minimum Gasteiger partial charge on any atom is -0.378 e. The standard InChI is InChI=1S/C19H25ClN4OS/c20-17-10-15-16(26-17)9-14(22-18(15)24-5-7-25-8-6-24)11-23-12-19(13-23)1-3-21-4-2-19/h9-10,21H,1-8,11-13H2. The second-order valence-electron chi connectivity index (χ2n) is 7.89. The molecule has 3 aliphatic rings. The van der Waals surface area contributed by atoms with Gasteiger partial charge in [-0.25, -0.2) is 4.98 Å². The van der Waals surface area contributed by atoms with Gasteiger partial charge in [0.05, 0.1) is 23.2 Å². The molecule has 5 heterocycles. The van der Waals surface area contributed by atoms with Crippen LogP contribution in [-0.4, -0.2) is 62.4 Å². The lowest BCUT2D eigenvalue weighted by Crippen LogP contribution is -2.59. The summed E-state index contributed by atoms with van der Waals surface area (Å²) < 4.78 is 7.60. The maximum atomic E-state index is 6.32. The fourth-order valence-corrected chi connectivity index (χ4v) is 5.85. The summed E-state index contributed by atoms with van der Waals surface area (Å²) in [6.07, 6.45) is 2.63. The summed E-state index contributed by atoms with van der Waals surface area (Å²) in [6.45, 7) is 9.07. The molecule has 5 nitrogen and oxygen atoms in total. The summed E-state index contributed by atoms with van der Waals surface area (Å²) in [5.41, 5.74) is 1.73. The van der Waals surface area contributed by atoms with Crippen molar-refractivity contribution in [1.29, 1.82) is 0 Å². The normalized spacial score (nSPS) is 23.5. The van der Waals surface area contributed by atoms with Crippen LogP contribution in [0.5, 0.6) is 0 Å². The summed E-state index contributed by atoms with van der Waals surface area (Å²) >= 11 is 7.98. The average molecular weight is 393 g/mol. The molecule has 26 heavy (non-hydrogen) atoms. The van der Waals surface area contributed by atoms with Crippen molar-refractivity contribution in [3.05, 3.63) is 22.2 Å².